The van der Waals surface area contributed by atoms with Gasteiger partial charge in [-0.1, -0.05) is 12.1 Å². The Morgan fingerprint density at radius 2 is 2.47 bits per heavy atom. The van der Waals surface area contributed by atoms with E-state index in [4.69, 9.17) is 11.1 Å². The van der Waals surface area contributed by atoms with Gasteiger partial charge in [0.05, 0.1) is 24.7 Å². The molecule has 0 saturated heterocycles. The van der Waals surface area contributed by atoms with E-state index >= 15 is 0 Å². The Labute approximate surface area is 112 Å². The third kappa shape index (κ3) is 4.65. The van der Waals surface area contributed by atoms with Crippen LogP contribution in [0.2, 0.25) is 0 Å². The second-order valence-electron chi connectivity index (χ2n) is 4.26. The molecule has 0 aliphatic heterocycles. The van der Waals surface area contributed by atoms with E-state index in [9.17, 15) is 4.79 Å². The molecule has 104 valence electrons. The number of hydrogen-bond donors (Lipinski definition) is 2. The van der Waals surface area contributed by atoms with Crippen LogP contribution in [0.1, 0.15) is 24.3 Å². The first-order valence-electron chi connectivity index (χ1n) is 6.13. The van der Waals surface area contributed by atoms with Crippen molar-refractivity contribution in [3.63, 3.8) is 0 Å². The summed E-state index contributed by atoms with van der Waals surface area (Å²) in [5, 5.41) is 16.4. The molecule has 1 unspecified atom stereocenters. The van der Waals surface area contributed by atoms with Crippen molar-refractivity contribution in [2.45, 2.75) is 20.4 Å². The van der Waals surface area contributed by atoms with E-state index < -0.39 is 5.91 Å². The number of aromatic nitrogens is 3. The molecule has 0 saturated carbocycles. The molecule has 19 heavy (non-hydrogen) atoms. The highest BCUT2D eigenvalue weighted by Crippen LogP contribution is 1.99. The Balaban J connectivity index is 2.49. The second kappa shape index (κ2) is 7.45. The van der Waals surface area contributed by atoms with Crippen LogP contribution in [0, 0.1) is 17.2 Å². The second-order valence-corrected chi connectivity index (χ2v) is 4.26. The van der Waals surface area contributed by atoms with E-state index in [1.165, 1.54) is 0 Å². The van der Waals surface area contributed by atoms with E-state index in [1.807, 2.05) is 19.3 Å². The summed E-state index contributed by atoms with van der Waals surface area (Å²) in [4.78, 5) is 13.4. The lowest BCUT2D eigenvalue weighted by Gasteiger charge is -2.20. The number of carbonyl (C=O) groups is 1. The van der Waals surface area contributed by atoms with Crippen LogP contribution >= 0.6 is 0 Å². The number of nitrogens with one attached hydrogen (secondary N) is 1. The van der Waals surface area contributed by atoms with Gasteiger partial charge in [-0.25, -0.2) is 5.84 Å². The van der Waals surface area contributed by atoms with Crippen LogP contribution in [0.3, 0.4) is 0 Å². The minimum Gasteiger partial charge on any atom is -0.300 e. The SMILES string of the molecule is CCN(CCn1cc(C(=O)NN)nn1)CC(C)C#N. The molecule has 0 bridgehead atoms. The molecule has 0 fully saturated rings. The lowest BCUT2D eigenvalue weighted by atomic mass is 10.2. The molecule has 0 radical (unpaired) electrons. The summed E-state index contributed by atoms with van der Waals surface area (Å²) < 4.78 is 1.59. The van der Waals surface area contributed by atoms with Gasteiger partial charge in [-0.15, -0.1) is 5.10 Å². The average molecular weight is 265 g/mol. The predicted molar refractivity (Wildman–Crippen MR) is 68.6 cm³/mol. The number of hydrogen-bond acceptors (Lipinski definition) is 6. The van der Waals surface area contributed by atoms with E-state index in [2.05, 4.69) is 21.3 Å². The minimum absolute atomic E-state index is 0.00530. The molecule has 8 nitrogen and oxygen atoms in total. The molecule has 1 rings (SSSR count). The summed E-state index contributed by atoms with van der Waals surface area (Å²) in [6.07, 6.45) is 1.55. The monoisotopic (exact) mass is 265 g/mol. The highest BCUT2D eigenvalue weighted by atomic mass is 16.2. The molecule has 0 aromatic carbocycles. The Hall–Kier alpha value is -1.98. The maximum absolute atomic E-state index is 11.2. The van der Waals surface area contributed by atoms with E-state index in [1.54, 1.807) is 10.9 Å². The van der Waals surface area contributed by atoms with Crippen LogP contribution in [0.15, 0.2) is 6.20 Å². The molecular weight excluding hydrogens is 246 g/mol. The molecule has 1 atom stereocenters. The highest BCUT2D eigenvalue weighted by molar-refractivity contribution is 5.91. The summed E-state index contributed by atoms with van der Waals surface area (Å²) in [5.74, 6) is 4.55. The lowest BCUT2D eigenvalue weighted by molar-refractivity contribution is 0.0948. The van der Waals surface area contributed by atoms with Crippen molar-refractivity contribution in [3.8, 4) is 6.07 Å². The number of nitrogens with zero attached hydrogens (tertiary/aromatic N) is 5. The zero-order valence-electron chi connectivity index (χ0n) is 11.2. The van der Waals surface area contributed by atoms with Crippen molar-refractivity contribution in [1.82, 2.24) is 25.3 Å². The Morgan fingerprint density at radius 3 is 3.05 bits per heavy atom. The smallest absolute Gasteiger partial charge is 0.287 e. The topological polar surface area (TPSA) is 113 Å². The number of carbonyl (C=O) groups excluding carboxylic acids is 1. The van der Waals surface area contributed by atoms with Crippen LogP contribution in [0.25, 0.3) is 0 Å². The van der Waals surface area contributed by atoms with Gasteiger partial charge < -0.3 is 4.90 Å². The normalized spacial score (nSPS) is 12.2. The van der Waals surface area contributed by atoms with E-state index in [-0.39, 0.29) is 11.6 Å². The Bertz CT molecular complexity index is 450. The maximum Gasteiger partial charge on any atom is 0.287 e. The van der Waals surface area contributed by atoms with Gasteiger partial charge in [0.25, 0.3) is 5.91 Å². The van der Waals surface area contributed by atoms with Crippen molar-refractivity contribution in [2.24, 2.45) is 11.8 Å². The molecule has 3 N–H and O–H groups in total. The largest absolute Gasteiger partial charge is 0.300 e. The summed E-state index contributed by atoms with van der Waals surface area (Å²) >= 11 is 0. The van der Waals surface area contributed by atoms with Gasteiger partial charge in [0.2, 0.25) is 0 Å². The summed E-state index contributed by atoms with van der Waals surface area (Å²) in [5.41, 5.74) is 2.19. The third-order valence-electron chi connectivity index (χ3n) is 2.75. The summed E-state index contributed by atoms with van der Waals surface area (Å²) in [6, 6.07) is 2.21. The van der Waals surface area contributed by atoms with E-state index in [0.29, 0.717) is 6.54 Å². The number of nitriles is 1. The lowest BCUT2D eigenvalue weighted by Crippen LogP contribution is -2.31. The zero-order valence-corrected chi connectivity index (χ0v) is 11.2. The Kier molecular flexibility index (Phi) is 5.92. The molecule has 1 amide bonds. The number of amides is 1. The first kappa shape index (κ1) is 15.1. The quantitative estimate of drug-likeness (QED) is 0.385. The van der Waals surface area contributed by atoms with Crippen molar-refractivity contribution < 1.29 is 4.79 Å². The first-order valence-corrected chi connectivity index (χ1v) is 6.13. The maximum atomic E-state index is 11.2. The van der Waals surface area contributed by atoms with Crippen molar-refractivity contribution in [1.29, 1.82) is 5.26 Å². The van der Waals surface area contributed by atoms with E-state index in [0.717, 1.165) is 19.6 Å². The number of rotatable bonds is 7. The van der Waals surface area contributed by atoms with Crippen molar-refractivity contribution >= 4 is 5.91 Å². The predicted octanol–water partition coefficient (Wildman–Crippen LogP) is -0.637. The van der Waals surface area contributed by atoms with Gasteiger partial charge >= 0.3 is 0 Å². The number of hydrazine groups is 1. The molecule has 0 aliphatic rings. The Morgan fingerprint density at radius 1 is 1.74 bits per heavy atom. The fourth-order valence-corrected chi connectivity index (χ4v) is 1.64. The van der Waals surface area contributed by atoms with Crippen molar-refractivity contribution in [3.05, 3.63) is 11.9 Å². The van der Waals surface area contributed by atoms with Gasteiger partial charge in [0.1, 0.15) is 0 Å². The third-order valence-corrected chi connectivity index (χ3v) is 2.75. The van der Waals surface area contributed by atoms with Gasteiger partial charge in [-0.3, -0.25) is 14.9 Å². The van der Waals surface area contributed by atoms with Gasteiger partial charge in [0, 0.05) is 13.1 Å². The van der Waals surface area contributed by atoms with Gasteiger partial charge in [-0.05, 0) is 13.5 Å². The van der Waals surface area contributed by atoms with Gasteiger partial charge in [-0.2, -0.15) is 5.26 Å². The minimum atomic E-state index is -0.461. The van der Waals surface area contributed by atoms with Gasteiger partial charge in [0.15, 0.2) is 5.69 Å². The number of likely N-dealkylation sites (N-methyl/N-ethyl adjacent to an activating group) is 1. The molecule has 1 aromatic rings. The number of nitrogens with two attached hydrogens (primary N) is 1. The van der Waals surface area contributed by atoms with Crippen molar-refractivity contribution in [2.75, 3.05) is 19.6 Å². The zero-order chi connectivity index (χ0) is 14.3. The summed E-state index contributed by atoms with van der Waals surface area (Å²) in [7, 11) is 0. The molecular formula is C11H19N7O. The van der Waals surface area contributed by atoms with Crippen LogP contribution in [-0.4, -0.2) is 45.4 Å². The fourth-order valence-electron chi connectivity index (χ4n) is 1.64. The van der Waals surface area contributed by atoms with Crippen LogP contribution in [-0.2, 0) is 6.54 Å². The highest BCUT2D eigenvalue weighted by Gasteiger charge is 2.11. The van der Waals surface area contributed by atoms with Crippen LogP contribution in [0.5, 0.6) is 0 Å². The molecule has 1 aromatic heterocycles. The fraction of sp³-hybridized carbons (Fsp3) is 0.636. The molecule has 1 heterocycles. The van der Waals surface area contributed by atoms with Crippen LogP contribution in [0.4, 0.5) is 0 Å². The average Bonchev–Trinajstić information content (AvgIpc) is 2.90. The van der Waals surface area contributed by atoms with Crippen LogP contribution < -0.4 is 11.3 Å². The standard InChI is InChI=1S/C11H19N7O/c1-3-17(7-9(2)6-12)4-5-18-8-10(15-16-18)11(19)14-13/h8-9H,3-5,7,13H2,1-2H3,(H,14,19). The molecule has 0 aliphatic carbocycles. The summed E-state index contributed by atoms with van der Waals surface area (Å²) in [6.45, 7) is 6.86. The first-order chi connectivity index (χ1) is 9.10. The molecule has 0 spiro atoms. The molecule has 8 heteroatoms. The number of nitrogen functional groups attached to an aromatic ring is 1.